The summed E-state index contributed by atoms with van der Waals surface area (Å²) in [5, 5.41) is 8.84. The molecule has 0 aromatic carbocycles. The average molecular weight is 283 g/mol. The Morgan fingerprint density at radius 2 is 1.62 bits per heavy atom. The van der Waals surface area contributed by atoms with E-state index in [9.17, 15) is 0 Å². The average Bonchev–Trinajstić information content (AvgIpc) is 2.49. The lowest BCUT2D eigenvalue weighted by molar-refractivity contribution is 0.607. The van der Waals surface area contributed by atoms with E-state index in [1.54, 1.807) is 12.4 Å². The summed E-state index contributed by atoms with van der Waals surface area (Å²) in [7, 11) is 0. The van der Waals surface area contributed by atoms with Crippen LogP contribution < -0.4 is 5.73 Å². The van der Waals surface area contributed by atoms with Crippen LogP contribution in [0.5, 0.6) is 0 Å². The van der Waals surface area contributed by atoms with Gasteiger partial charge in [-0.05, 0) is 49.4 Å². The first-order valence-corrected chi connectivity index (χ1v) is 7.75. The van der Waals surface area contributed by atoms with Gasteiger partial charge in [0.2, 0.25) is 0 Å². The van der Waals surface area contributed by atoms with Gasteiger partial charge in [-0.3, -0.25) is 0 Å². The van der Waals surface area contributed by atoms with Crippen LogP contribution in [0, 0.1) is 0 Å². The van der Waals surface area contributed by atoms with Gasteiger partial charge in [0.25, 0.3) is 0 Å². The molecule has 0 fully saturated rings. The van der Waals surface area contributed by atoms with Crippen LogP contribution in [0.15, 0.2) is 18.5 Å². The molecule has 0 aliphatic heterocycles. The first-order chi connectivity index (χ1) is 10.4. The van der Waals surface area contributed by atoms with Gasteiger partial charge in [-0.1, -0.05) is 12.8 Å². The highest BCUT2D eigenvalue weighted by atomic mass is 15.1. The second-order valence-electron chi connectivity index (χ2n) is 5.48. The summed E-state index contributed by atoms with van der Waals surface area (Å²) in [6, 6.07) is 1.82. The zero-order valence-corrected chi connectivity index (χ0v) is 12.3. The van der Waals surface area contributed by atoms with Crippen molar-refractivity contribution < 1.29 is 0 Å². The van der Waals surface area contributed by atoms with Gasteiger partial charge in [-0.25, -0.2) is 9.97 Å². The fourth-order valence-electron chi connectivity index (χ4n) is 3.01. The lowest BCUT2D eigenvalue weighted by Gasteiger charge is -2.18. The lowest BCUT2D eigenvalue weighted by Crippen LogP contribution is -2.14. The van der Waals surface area contributed by atoms with Crippen LogP contribution in [-0.4, -0.2) is 26.7 Å². The largest absolute Gasteiger partial charge is 0.330 e. The van der Waals surface area contributed by atoms with Crippen molar-refractivity contribution in [2.45, 2.75) is 44.9 Å². The molecular weight excluding hydrogens is 262 g/mol. The summed E-state index contributed by atoms with van der Waals surface area (Å²) in [6.45, 7) is 0.613. The molecule has 0 amide bonds. The quantitative estimate of drug-likeness (QED) is 0.933. The Hall–Kier alpha value is -1.88. The molecule has 110 valence electrons. The first kappa shape index (κ1) is 14.1. The molecule has 21 heavy (non-hydrogen) atoms. The van der Waals surface area contributed by atoms with Gasteiger partial charge in [0, 0.05) is 18.8 Å². The third kappa shape index (κ3) is 3.08. The van der Waals surface area contributed by atoms with Crippen LogP contribution >= 0.6 is 0 Å². The molecule has 2 N–H and O–H groups in total. The number of rotatable bonds is 3. The van der Waals surface area contributed by atoms with Crippen molar-refractivity contribution in [1.29, 1.82) is 0 Å². The van der Waals surface area contributed by atoms with E-state index in [2.05, 4.69) is 20.2 Å². The van der Waals surface area contributed by atoms with Gasteiger partial charge in [-0.15, -0.1) is 5.10 Å². The van der Waals surface area contributed by atoms with Crippen molar-refractivity contribution in [2.75, 3.05) is 6.54 Å². The zero-order chi connectivity index (χ0) is 14.5. The highest BCUT2D eigenvalue weighted by molar-refractivity contribution is 5.57. The van der Waals surface area contributed by atoms with Gasteiger partial charge in [-0.2, -0.15) is 5.10 Å². The van der Waals surface area contributed by atoms with Gasteiger partial charge in [0.1, 0.15) is 5.69 Å². The molecule has 5 heteroatoms. The van der Waals surface area contributed by atoms with E-state index in [1.165, 1.54) is 36.8 Å². The molecule has 5 nitrogen and oxygen atoms in total. The Balaban J connectivity index is 2.10. The molecule has 0 bridgehead atoms. The zero-order valence-electron chi connectivity index (χ0n) is 12.3. The van der Waals surface area contributed by atoms with E-state index >= 15 is 0 Å². The fraction of sp³-hybridized carbons (Fsp3) is 0.500. The summed E-state index contributed by atoms with van der Waals surface area (Å²) >= 11 is 0. The number of hydrogen-bond acceptors (Lipinski definition) is 5. The second kappa shape index (κ2) is 6.72. The third-order valence-electron chi connectivity index (χ3n) is 4.03. The normalized spacial score (nSPS) is 15.1. The summed E-state index contributed by atoms with van der Waals surface area (Å²) in [5.74, 6) is 0.682. The molecule has 0 spiro atoms. The van der Waals surface area contributed by atoms with Crippen LogP contribution in [0.4, 0.5) is 0 Å². The van der Waals surface area contributed by atoms with Crippen molar-refractivity contribution in [2.24, 2.45) is 5.73 Å². The van der Waals surface area contributed by atoms with Crippen molar-refractivity contribution in [1.82, 2.24) is 20.2 Å². The molecule has 0 saturated carbocycles. The van der Waals surface area contributed by atoms with Crippen molar-refractivity contribution in [3.8, 4) is 11.5 Å². The molecule has 0 unspecified atom stereocenters. The van der Waals surface area contributed by atoms with Crippen molar-refractivity contribution in [3.05, 3.63) is 35.3 Å². The van der Waals surface area contributed by atoms with E-state index in [0.717, 1.165) is 30.7 Å². The van der Waals surface area contributed by atoms with E-state index in [0.29, 0.717) is 12.4 Å². The van der Waals surface area contributed by atoms with Crippen molar-refractivity contribution >= 4 is 0 Å². The van der Waals surface area contributed by atoms with Crippen LogP contribution in [0.25, 0.3) is 11.5 Å². The number of nitrogens with zero attached hydrogens (tertiary/aromatic N) is 4. The number of fused-ring (bicyclic) bond motifs is 1. The Bertz CT molecular complexity index is 597. The van der Waals surface area contributed by atoms with Crippen LogP contribution in [0.3, 0.4) is 0 Å². The van der Waals surface area contributed by atoms with Crippen molar-refractivity contribution in [3.63, 3.8) is 0 Å². The number of nitrogens with two attached hydrogens (primary N) is 1. The topological polar surface area (TPSA) is 77.6 Å². The van der Waals surface area contributed by atoms with Crippen LogP contribution in [0.2, 0.25) is 0 Å². The molecule has 2 heterocycles. The second-order valence-corrected chi connectivity index (χ2v) is 5.48. The minimum absolute atomic E-state index is 0.613. The minimum atomic E-state index is 0.613. The molecule has 2 aromatic rings. The highest BCUT2D eigenvalue weighted by Crippen LogP contribution is 2.28. The summed E-state index contributed by atoms with van der Waals surface area (Å²) in [6.07, 6.45) is 11.4. The van der Waals surface area contributed by atoms with Crippen LogP contribution in [-0.2, 0) is 19.3 Å². The van der Waals surface area contributed by atoms with E-state index in [-0.39, 0.29) is 0 Å². The predicted octanol–water partition coefficient (Wildman–Crippen LogP) is 2.09. The molecular formula is C16H21N5. The summed E-state index contributed by atoms with van der Waals surface area (Å²) in [4.78, 5) is 8.70. The van der Waals surface area contributed by atoms with Gasteiger partial charge < -0.3 is 5.73 Å². The van der Waals surface area contributed by atoms with E-state index in [1.807, 2.05) is 6.07 Å². The molecule has 1 aliphatic rings. The molecule has 2 aromatic heterocycles. The maximum absolute atomic E-state index is 5.72. The molecule has 3 rings (SSSR count). The van der Waals surface area contributed by atoms with Gasteiger partial charge in [0.15, 0.2) is 5.82 Å². The highest BCUT2D eigenvalue weighted by Gasteiger charge is 2.19. The smallest absolute Gasteiger partial charge is 0.180 e. The Morgan fingerprint density at radius 3 is 2.33 bits per heavy atom. The Morgan fingerprint density at radius 1 is 0.905 bits per heavy atom. The van der Waals surface area contributed by atoms with Gasteiger partial charge >= 0.3 is 0 Å². The van der Waals surface area contributed by atoms with Gasteiger partial charge in [0.05, 0.1) is 5.69 Å². The lowest BCUT2D eigenvalue weighted by atomic mass is 9.90. The monoisotopic (exact) mass is 283 g/mol. The number of aromatic nitrogens is 4. The van der Waals surface area contributed by atoms with Crippen LogP contribution in [0.1, 0.15) is 42.5 Å². The van der Waals surface area contributed by atoms with E-state index in [4.69, 9.17) is 5.73 Å². The fourth-order valence-corrected chi connectivity index (χ4v) is 3.01. The Labute approximate surface area is 125 Å². The minimum Gasteiger partial charge on any atom is -0.330 e. The summed E-state index contributed by atoms with van der Waals surface area (Å²) < 4.78 is 0. The molecule has 0 saturated heterocycles. The maximum Gasteiger partial charge on any atom is 0.180 e. The number of hydrogen-bond donors (Lipinski definition) is 1. The SMILES string of the molecule is NCCc1nnc(-c2ncccn2)c2c1CCCCCC2. The first-order valence-electron chi connectivity index (χ1n) is 7.75. The predicted molar refractivity (Wildman–Crippen MR) is 81.7 cm³/mol. The molecule has 1 aliphatic carbocycles. The molecule has 0 radical (unpaired) electrons. The Kier molecular flexibility index (Phi) is 4.50. The third-order valence-corrected chi connectivity index (χ3v) is 4.03. The summed E-state index contributed by atoms with van der Waals surface area (Å²) in [5.41, 5.74) is 10.3. The molecule has 0 atom stereocenters. The standard InChI is InChI=1S/C16H21N5/c17-9-8-14-12-6-3-1-2-4-7-13(12)15(21-20-14)16-18-10-5-11-19-16/h5,10-11H,1-4,6-9,17H2. The van der Waals surface area contributed by atoms with E-state index < -0.39 is 0 Å². The maximum atomic E-state index is 5.72.